The first-order valence-electron chi connectivity index (χ1n) is 12.6. The molecule has 0 aromatic heterocycles. The zero-order valence-electron chi connectivity index (χ0n) is 23.5. The van der Waals surface area contributed by atoms with Crippen LogP contribution in [0.15, 0.2) is 66.5 Å². The SMILES string of the molecule is CC(c1ccccc1)C1(C)C=CC(C)(C(C)(C)C)/C(O)=C\C(C)(C(C)(C)CC(C)(C)C)/C=C\1. The van der Waals surface area contributed by atoms with Crippen molar-refractivity contribution in [2.24, 2.45) is 32.5 Å². The molecule has 2 rings (SSSR count). The van der Waals surface area contributed by atoms with Crippen LogP contribution in [0.3, 0.4) is 0 Å². The Hall–Kier alpha value is -1.76. The molecule has 4 unspecified atom stereocenters. The van der Waals surface area contributed by atoms with Crippen molar-refractivity contribution in [3.63, 3.8) is 0 Å². The number of hydrogen-bond donors (Lipinski definition) is 1. The lowest BCUT2D eigenvalue weighted by Gasteiger charge is -2.46. The summed E-state index contributed by atoms with van der Waals surface area (Å²) in [6, 6.07) is 10.8. The quantitative estimate of drug-likeness (QED) is 0.452. The minimum atomic E-state index is -0.476. The van der Waals surface area contributed by atoms with Crippen LogP contribution in [-0.2, 0) is 0 Å². The van der Waals surface area contributed by atoms with Gasteiger partial charge in [0.2, 0.25) is 0 Å². The van der Waals surface area contributed by atoms with Gasteiger partial charge in [-0.2, -0.15) is 0 Å². The van der Waals surface area contributed by atoms with E-state index in [0.29, 0.717) is 11.7 Å². The molecule has 0 radical (unpaired) electrons. The second-order valence-corrected chi connectivity index (χ2v) is 14.1. The van der Waals surface area contributed by atoms with Crippen molar-refractivity contribution in [3.8, 4) is 0 Å². The van der Waals surface area contributed by atoms with Gasteiger partial charge >= 0.3 is 0 Å². The summed E-state index contributed by atoms with van der Waals surface area (Å²) in [7, 11) is 0. The van der Waals surface area contributed by atoms with E-state index >= 15 is 0 Å². The van der Waals surface area contributed by atoms with Gasteiger partial charge in [-0.15, -0.1) is 0 Å². The maximum Gasteiger partial charge on any atom is 0.0993 e. The highest BCUT2D eigenvalue weighted by Crippen LogP contribution is 2.54. The van der Waals surface area contributed by atoms with Crippen molar-refractivity contribution in [2.45, 2.75) is 95.4 Å². The summed E-state index contributed by atoms with van der Waals surface area (Å²) in [5, 5.41) is 11.7. The Labute approximate surface area is 205 Å². The molecular weight excluding hydrogens is 400 g/mol. The average Bonchev–Trinajstić information content (AvgIpc) is 2.71. The Morgan fingerprint density at radius 2 is 1.30 bits per heavy atom. The molecule has 1 aromatic carbocycles. The molecule has 0 saturated heterocycles. The van der Waals surface area contributed by atoms with Crippen LogP contribution in [0.2, 0.25) is 0 Å². The highest BCUT2D eigenvalue weighted by atomic mass is 16.3. The Kier molecular flexibility index (Phi) is 7.32. The zero-order valence-corrected chi connectivity index (χ0v) is 23.5. The maximum atomic E-state index is 11.7. The molecule has 0 aliphatic heterocycles. The predicted molar refractivity (Wildman–Crippen MR) is 145 cm³/mol. The number of aliphatic hydroxyl groups is 1. The fraction of sp³-hybridized carbons (Fsp3) is 0.625. The lowest BCUT2D eigenvalue weighted by atomic mass is 9.58. The lowest BCUT2D eigenvalue weighted by Crippen LogP contribution is -2.38. The average molecular weight is 451 g/mol. The molecule has 1 aliphatic carbocycles. The molecule has 0 saturated carbocycles. The molecule has 1 nitrogen and oxygen atoms in total. The fourth-order valence-corrected chi connectivity index (χ4v) is 5.28. The smallest absolute Gasteiger partial charge is 0.0993 e. The number of hydrogen-bond acceptors (Lipinski definition) is 1. The summed E-state index contributed by atoms with van der Waals surface area (Å²) in [5.41, 5.74) is 0.366. The van der Waals surface area contributed by atoms with Gasteiger partial charge in [0.15, 0.2) is 0 Å². The molecule has 0 fully saturated rings. The molecule has 1 aliphatic rings. The second kappa shape index (κ2) is 8.79. The molecular formula is C32H50O. The Morgan fingerprint density at radius 3 is 1.79 bits per heavy atom. The number of aliphatic hydroxyl groups excluding tert-OH is 1. The Morgan fingerprint density at radius 1 is 0.788 bits per heavy atom. The van der Waals surface area contributed by atoms with E-state index < -0.39 is 5.41 Å². The van der Waals surface area contributed by atoms with Crippen molar-refractivity contribution in [2.75, 3.05) is 0 Å². The Balaban J connectivity index is 2.79. The molecule has 1 N–H and O–H groups in total. The summed E-state index contributed by atoms with van der Waals surface area (Å²) >= 11 is 0. The maximum absolute atomic E-state index is 11.7. The van der Waals surface area contributed by atoms with Crippen molar-refractivity contribution >= 4 is 0 Å². The van der Waals surface area contributed by atoms with Gasteiger partial charge in [0.1, 0.15) is 0 Å². The van der Waals surface area contributed by atoms with Crippen molar-refractivity contribution in [1.29, 1.82) is 0 Å². The van der Waals surface area contributed by atoms with Crippen LogP contribution in [-0.4, -0.2) is 5.11 Å². The molecule has 1 aromatic rings. The third-order valence-electron chi connectivity index (χ3n) is 8.75. The first-order chi connectivity index (χ1) is 14.8. The van der Waals surface area contributed by atoms with Gasteiger partial charge < -0.3 is 5.11 Å². The normalized spacial score (nSPS) is 32.8. The van der Waals surface area contributed by atoms with Gasteiger partial charge in [0, 0.05) is 16.2 Å². The molecule has 4 atom stereocenters. The van der Waals surface area contributed by atoms with E-state index in [1.807, 2.05) is 0 Å². The van der Waals surface area contributed by atoms with Crippen LogP contribution in [0.5, 0.6) is 0 Å². The topological polar surface area (TPSA) is 20.2 Å². The van der Waals surface area contributed by atoms with Gasteiger partial charge in [-0.25, -0.2) is 0 Å². The summed E-state index contributed by atoms with van der Waals surface area (Å²) in [6.45, 7) is 27.4. The monoisotopic (exact) mass is 450 g/mol. The summed E-state index contributed by atoms with van der Waals surface area (Å²) in [4.78, 5) is 0. The molecule has 184 valence electrons. The van der Waals surface area contributed by atoms with E-state index in [1.54, 1.807) is 0 Å². The van der Waals surface area contributed by atoms with E-state index in [0.717, 1.165) is 6.42 Å². The fourth-order valence-electron chi connectivity index (χ4n) is 5.28. The molecule has 0 heterocycles. The largest absolute Gasteiger partial charge is 0.512 e. The van der Waals surface area contributed by atoms with Gasteiger partial charge in [0.05, 0.1) is 5.76 Å². The van der Waals surface area contributed by atoms with Crippen molar-refractivity contribution in [1.82, 2.24) is 0 Å². The van der Waals surface area contributed by atoms with Gasteiger partial charge in [-0.3, -0.25) is 0 Å². The van der Waals surface area contributed by atoms with E-state index in [-0.39, 0.29) is 27.1 Å². The number of allylic oxidation sites excluding steroid dienone is 5. The summed E-state index contributed by atoms with van der Waals surface area (Å²) in [5.74, 6) is 0.766. The predicted octanol–water partition coefficient (Wildman–Crippen LogP) is 9.89. The lowest BCUT2D eigenvalue weighted by molar-refractivity contribution is 0.102. The first-order valence-corrected chi connectivity index (χ1v) is 12.6. The Bertz CT molecular complexity index is 902. The highest BCUT2D eigenvalue weighted by molar-refractivity contribution is 5.34. The van der Waals surface area contributed by atoms with Gasteiger partial charge in [-0.1, -0.05) is 131 Å². The molecule has 0 amide bonds. The van der Waals surface area contributed by atoms with Crippen LogP contribution in [0.25, 0.3) is 0 Å². The van der Waals surface area contributed by atoms with Crippen molar-refractivity contribution < 1.29 is 5.11 Å². The number of benzene rings is 1. The first kappa shape index (κ1) is 27.5. The minimum Gasteiger partial charge on any atom is -0.512 e. The molecule has 33 heavy (non-hydrogen) atoms. The summed E-state index contributed by atoms with van der Waals surface area (Å²) < 4.78 is 0. The van der Waals surface area contributed by atoms with E-state index in [2.05, 4.69) is 144 Å². The van der Waals surface area contributed by atoms with Gasteiger partial charge in [-0.05, 0) is 47.1 Å². The molecule has 0 spiro atoms. The summed E-state index contributed by atoms with van der Waals surface area (Å²) in [6.07, 6.45) is 12.6. The molecule has 1 heteroatoms. The van der Waals surface area contributed by atoms with Crippen LogP contribution >= 0.6 is 0 Å². The van der Waals surface area contributed by atoms with Crippen LogP contribution in [0.1, 0.15) is 101 Å². The van der Waals surface area contributed by atoms with Crippen LogP contribution in [0.4, 0.5) is 0 Å². The van der Waals surface area contributed by atoms with Crippen molar-refractivity contribution in [3.05, 3.63) is 72.0 Å². The van der Waals surface area contributed by atoms with Crippen LogP contribution in [0, 0.1) is 32.5 Å². The second-order valence-electron chi connectivity index (χ2n) is 14.1. The van der Waals surface area contributed by atoms with Crippen LogP contribution < -0.4 is 0 Å². The third kappa shape index (κ3) is 5.67. The minimum absolute atomic E-state index is 0.0459. The standard InChI is InChI=1S/C32H50O/c1-24(25-16-14-13-15-17-25)30(10)18-20-31(11,29(8,9)23-27(2,3)4)22-26(33)32(12,21-19-30)28(5,6)7/h13-22,24,33H,23H2,1-12H3/b20-18-,21-19?,26-22+. The van der Waals surface area contributed by atoms with E-state index in [9.17, 15) is 5.11 Å². The number of rotatable bonds is 4. The van der Waals surface area contributed by atoms with E-state index in [1.165, 1.54) is 5.56 Å². The van der Waals surface area contributed by atoms with E-state index in [4.69, 9.17) is 0 Å². The molecule has 0 bridgehead atoms. The third-order valence-corrected chi connectivity index (χ3v) is 8.75. The zero-order chi connectivity index (χ0) is 25.5. The highest BCUT2D eigenvalue weighted by Gasteiger charge is 2.46. The van der Waals surface area contributed by atoms with Gasteiger partial charge in [0.25, 0.3) is 0 Å².